The van der Waals surface area contributed by atoms with Gasteiger partial charge in [0.25, 0.3) is 5.56 Å². The number of pyridine rings is 1. The topological polar surface area (TPSA) is 79.0 Å². The van der Waals surface area contributed by atoms with Crippen molar-refractivity contribution in [1.82, 2.24) is 19.1 Å². The summed E-state index contributed by atoms with van der Waals surface area (Å²) in [6.45, 7) is -0.0817. The van der Waals surface area contributed by atoms with E-state index in [1.54, 1.807) is 54.7 Å². The first-order valence-corrected chi connectivity index (χ1v) is 10.4. The van der Waals surface area contributed by atoms with Gasteiger partial charge >= 0.3 is 0 Å². The highest BCUT2D eigenvalue weighted by molar-refractivity contribution is 5.96. The van der Waals surface area contributed by atoms with Crippen molar-refractivity contribution < 1.29 is 9.53 Å². The van der Waals surface area contributed by atoms with Crippen molar-refractivity contribution in [3.05, 3.63) is 108 Å². The van der Waals surface area contributed by atoms with Crippen molar-refractivity contribution in [3.63, 3.8) is 0 Å². The smallest absolute Gasteiger partial charge is 0.261 e. The third-order valence-electron chi connectivity index (χ3n) is 5.30. The molecule has 0 unspecified atom stereocenters. The van der Waals surface area contributed by atoms with E-state index in [1.807, 2.05) is 42.2 Å². The molecule has 0 saturated heterocycles. The number of hydrogen-bond donors (Lipinski definition) is 0. The highest BCUT2D eigenvalue weighted by atomic mass is 16.5. The van der Waals surface area contributed by atoms with Gasteiger partial charge in [0.1, 0.15) is 11.5 Å². The maximum absolute atomic E-state index is 13.0. The summed E-state index contributed by atoms with van der Waals surface area (Å²) in [5.74, 6) is 0.946. The predicted molar refractivity (Wildman–Crippen MR) is 125 cm³/mol. The van der Waals surface area contributed by atoms with Crippen molar-refractivity contribution >= 4 is 16.7 Å². The molecule has 0 spiro atoms. The van der Waals surface area contributed by atoms with E-state index in [2.05, 4.69) is 9.97 Å². The molecule has 0 atom stereocenters. The number of aromatic nitrogens is 4. The Morgan fingerprint density at radius 1 is 0.970 bits per heavy atom. The van der Waals surface area contributed by atoms with Crippen LogP contribution in [0.15, 0.2) is 96.4 Å². The minimum atomic E-state index is -0.297. The Bertz CT molecular complexity index is 1520. The molecular weight excluding hydrogens is 416 g/mol. The van der Waals surface area contributed by atoms with Crippen molar-refractivity contribution in [2.24, 2.45) is 7.05 Å². The molecule has 7 nitrogen and oxygen atoms in total. The zero-order chi connectivity index (χ0) is 22.8. The van der Waals surface area contributed by atoms with Crippen LogP contribution in [-0.4, -0.2) is 24.9 Å². The molecule has 0 amide bonds. The van der Waals surface area contributed by atoms with Crippen molar-refractivity contribution in [3.8, 4) is 22.8 Å². The van der Waals surface area contributed by atoms with Gasteiger partial charge in [-0.15, -0.1) is 0 Å². The largest absolute Gasteiger partial charge is 0.457 e. The van der Waals surface area contributed by atoms with Gasteiger partial charge in [0.2, 0.25) is 0 Å². The lowest BCUT2D eigenvalue weighted by atomic mass is 10.1. The van der Waals surface area contributed by atoms with Gasteiger partial charge in [0, 0.05) is 42.8 Å². The van der Waals surface area contributed by atoms with E-state index in [0.717, 1.165) is 11.3 Å². The number of ether oxygens (including phenoxy) is 1. The Morgan fingerprint density at radius 2 is 1.79 bits per heavy atom. The molecule has 33 heavy (non-hydrogen) atoms. The first-order chi connectivity index (χ1) is 16.1. The van der Waals surface area contributed by atoms with Crippen molar-refractivity contribution in [1.29, 1.82) is 0 Å². The summed E-state index contributed by atoms with van der Waals surface area (Å²) in [6.07, 6.45) is 7.02. The van der Waals surface area contributed by atoms with E-state index in [0.29, 0.717) is 28.0 Å². The Hall–Kier alpha value is -4.52. The molecule has 0 aliphatic heterocycles. The zero-order valence-electron chi connectivity index (χ0n) is 17.9. The zero-order valence-corrected chi connectivity index (χ0v) is 17.9. The number of rotatable bonds is 6. The molecule has 3 heterocycles. The molecule has 0 N–H and O–H groups in total. The molecule has 7 heteroatoms. The lowest BCUT2D eigenvalue weighted by molar-refractivity contribution is 0.0970. The van der Waals surface area contributed by atoms with Crippen molar-refractivity contribution in [2.75, 3.05) is 0 Å². The fourth-order valence-corrected chi connectivity index (χ4v) is 3.61. The van der Waals surface area contributed by atoms with E-state index >= 15 is 0 Å². The number of carbonyl (C=O) groups excluding carboxylic acids is 1. The molecule has 5 rings (SSSR count). The third-order valence-corrected chi connectivity index (χ3v) is 5.30. The Labute approximate surface area is 189 Å². The lowest BCUT2D eigenvalue weighted by Crippen LogP contribution is -2.24. The van der Waals surface area contributed by atoms with Crippen LogP contribution in [-0.2, 0) is 13.6 Å². The van der Waals surface area contributed by atoms with Gasteiger partial charge in [0.05, 0.1) is 29.5 Å². The molecule has 0 saturated carbocycles. The molecule has 0 radical (unpaired) electrons. The average Bonchev–Trinajstić information content (AvgIpc) is 3.28. The highest BCUT2D eigenvalue weighted by Gasteiger charge is 2.11. The van der Waals surface area contributed by atoms with Crippen LogP contribution in [0.3, 0.4) is 0 Å². The quantitative estimate of drug-likeness (QED) is 0.367. The summed E-state index contributed by atoms with van der Waals surface area (Å²) in [4.78, 5) is 34.3. The van der Waals surface area contributed by atoms with Gasteiger partial charge in [-0.2, -0.15) is 0 Å². The summed E-state index contributed by atoms with van der Waals surface area (Å²) in [7, 11) is 1.95. The molecule has 0 fully saturated rings. The number of ketones is 1. The van der Waals surface area contributed by atoms with Gasteiger partial charge in [0.15, 0.2) is 5.78 Å². The number of aryl methyl sites for hydroxylation is 1. The van der Waals surface area contributed by atoms with Crippen molar-refractivity contribution in [2.45, 2.75) is 6.54 Å². The SMILES string of the molecule is Cn1ccc(-c2cc(Oc3ccc4ncn(CC(=O)c5ccccc5)c(=O)c4c3)ccn2)c1. The van der Waals surface area contributed by atoms with Gasteiger partial charge in [-0.25, -0.2) is 4.98 Å². The number of hydrogen-bond acceptors (Lipinski definition) is 5. The molecule has 3 aromatic heterocycles. The van der Waals surface area contributed by atoms with E-state index < -0.39 is 0 Å². The summed E-state index contributed by atoms with van der Waals surface area (Å²) in [6, 6.07) is 19.6. The van der Waals surface area contributed by atoms with E-state index in [4.69, 9.17) is 4.74 Å². The number of Topliss-reactive ketones (excluding diaryl/α,β-unsaturated/α-hetero) is 1. The van der Waals surface area contributed by atoms with Gasteiger partial charge in [-0.05, 0) is 30.3 Å². The molecular formula is C26H20N4O3. The molecule has 0 bridgehead atoms. The normalized spacial score (nSPS) is 10.9. The summed E-state index contributed by atoms with van der Waals surface area (Å²) >= 11 is 0. The third kappa shape index (κ3) is 4.29. The maximum atomic E-state index is 13.0. The maximum Gasteiger partial charge on any atom is 0.261 e. The summed E-state index contributed by atoms with van der Waals surface area (Å²) in [5.41, 5.74) is 2.56. The minimum Gasteiger partial charge on any atom is -0.457 e. The second-order valence-corrected chi connectivity index (χ2v) is 7.69. The van der Waals surface area contributed by atoms with Crippen LogP contribution in [0.25, 0.3) is 22.2 Å². The standard InChI is InChI=1S/C26H20N4O3/c1-29-12-10-19(15-29)24-14-21(9-11-27-24)33-20-7-8-23-22(13-20)26(32)30(17-28-23)16-25(31)18-5-3-2-4-6-18/h2-15,17H,16H2,1H3. The summed E-state index contributed by atoms with van der Waals surface area (Å²) < 4.78 is 9.28. The van der Waals surface area contributed by atoms with Crippen LogP contribution < -0.4 is 10.3 Å². The molecule has 2 aromatic carbocycles. The molecule has 0 aliphatic carbocycles. The molecule has 162 valence electrons. The number of carbonyl (C=O) groups is 1. The lowest BCUT2D eigenvalue weighted by Gasteiger charge is -2.09. The average molecular weight is 436 g/mol. The van der Waals surface area contributed by atoms with Gasteiger partial charge in [-0.1, -0.05) is 30.3 Å². The fourth-order valence-electron chi connectivity index (χ4n) is 3.61. The van der Waals surface area contributed by atoms with Crippen LogP contribution in [0.5, 0.6) is 11.5 Å². The van der Waals surface area contributed by atoms with Crippen LogP contribution in [0.2, 0.25) is 0 Å². The Morgan fingerprint density at radius 3 is 2.58 bits per heavy atom. The number of fused-ring (bicyclic) bond motifs is 1. The number of nitrogens with zero attached hydrogens (tertiary/aromatic N) is 4. The van der Waals surface area contributed by atoms with Crippen LogP contribution in [0.4, 0.5) is 0 Å². The Kier molecular flexibility index (Phi) is 5.28. The van der Waals surface area contributed by atoms with E-state index in [1.165, 1.54) is 10.9 Å². The first kappa shape index (κ1) is 20.4. The molecule has 5 aromatic rings. The summed E-state index contributed by atoms with van der Waals surface area (Å²) in [5, 5.41) is 0.383. The predicted octanol–water partition coefficient (Wildman–Crippen LogP) is 4.47. The second kappa shape index (κ2) is 8.55. The Balaban J connectivity index is 1.43. The van der Waals surface area contributed by atoms with Crippen LogP contribution >= 0.6 is 0 Å². The van der Waals surface area contributed by atoms with E-state index in [9.17, 15) is 9.59 Å². The second-order valence-electron chi connectivity index (χ2n) is 7.69. The van der Waals surface area contributed by atoms with Gasteiger partial charge in [-0.3, -0.25) is 19.1 Å². The van der Waals surface area contributed by atoms with Gasteiger partial charge < -0.3 is 9.30 Å². The van der Waals surface area contributed by atoms with Crippen LogP contribution in [0, 0.1) is 0 Å². The monoisotopic (exact) mass is 436 g/mol. The molecule has 0 aliphatic rings. The first-order valence-electron chi connectivity index (χ1n) is 10.4. The van der Waals surface area contributed by atoms with E-state index in [-0.39, 0.29) is 17.9 Å². The highest BCUT2D eigenvalue weighted by Crippen LogP contribution is 2.27. The van der Waals surface area contributed by atoms with Crippen LogP contribution in [0.1, 0.15) is 10.4 Å². The number of benzene rings is 2. The fraction of sp³-hybridized carbons (Fsp3) is 0.0769. The minimum absolute atomic E-state index is 0.0817.